The lowest BCUT2D eigenvalue weighted by atomic mass is 9.82. The Morgan fingerprint density at radius 2 is 1.64 bits per heavy atom. The Labute approximate surface area is 81.9 Å². The van der Waals surface area contributed by atoms with E-state index >= 15 is 0 Å². The van der Waals surface area contributed by atoms with Crippen LogP contribution in [-0.4, -0.2) is 22.2 Å². The fourth-order valence-corrected chi connectivity index (χ4v) is 2.56. The molecule has 2 aliphatic rings. The summed E-state index contributed by atoms with van der Waals surface area (Å²) < 4.78 is 0. The predicted molar refractivity (Wildman–Crippen MR) is 47.8 cm³/mol. The van der Waals surface area contributed by atoms with Gasteiger partial charge in [-0.25, -0.2) is 0 Å². The lowest BCUT2D eigenvalue weighted by Gasteiger charge is -2.21. The summed E-state index contributed by atoms with van der Waals surface area (Å²) in [5.74, 6) is -1.54. The number of carbonyl (C=O) groups is 2. The van der Waals surface area contributed by atoms with E-state index < -0.39 is 17.4 Å². The largest absolute Gasteiger partial charge is 0.481 e. The zero-order chi connectivity index (χ0) is 10.4. The van der Waals surface area contributed by atoms with Gasteiger partial charge in [-0.3, -0.25) is 9.59 Å². The minimum atomic E-state index is -0.822. The van der Waals surface area contributed by atoms with Crippen LogP contribution in [-0.2, 0) is 9.59 Å². The SMILES string of the molecule is O=C(O)CCC1(C2(C(=O)O)CC2)CC1. The van der Waals surface area contributed by atoms with E-state index in [2.05, 4.69) is 0 Å². The highest BCUT2D eigenvalue weighted by atomic mass is 16.4. The second-order valence-corrected chi connectivity index (χ2v) is 4.56. The van der Waals surface area contributed by atoms with E-state index in [1.165, 1.54) is 0 Å². The monoisotopic (exact) mass is 198 g/mol. The first-order valence-electron chi connectivity index (χ1n) is 4.98. The van der Waals surface area contributed by atoms with Crippen molar-refractivity contribution in [2.24, 2.45) is 10.8 Å². The molecule has 0 aromatic rings. The Hall–Kier alpha value is -1.06. The second-order valence-electron chi connectivity index (χ2n) is 4.56. The third-order valence-electron chi connectivity index (χ3n) is 3.85. The van der Waals surface area contributed by atoms with Crippen molar-refractivity contribution in [3.63, 3.8) is 0 Å². The van der Waals surface area contributed by atoms with Crippen molar-refractivity contribution in [3.05, 3.63) is 0 Å². The van der Waals surface area contributed by atoms with E-state index in [1.54, 1.807) is 0 Å². The minimum absolute atomic E-state index is 0.106. The van der Waals surface area contributed by atoms with E-state index in [0.717, 1.165) is 25.7 Å². The van der Waals surface area contributed by atoms with Gasteiger partial charge in [0.1, 0.15) is 0 Å². The van der Waals surface area contributed by atoms with Gasteiger partial charge in [-0.1, -0.05) is 0 Å². The van der Waals surface area contributed by atoms with E-state index in [1.807, 2.05) is 0 Å². The Kier molecular flexibility index (Phi) is 1.84. The lowest BCUT2D eigenvalue weighted by molar-refractivity contribution is -0.147. The van der Waals surface area contributed by atoms with Crippen LogP contribution in [0.4, 0.5) is 0 Å². The van der Waals surface area contributed by atoms with Gasteiger partial charge in [-0.05, 0) is 37.5 Å². The lowest BCUT2D eigenvalue weighted by Crippen LogP contribution is -2.27. The molecule has 0 aromatic carbocycles. The molecule has 0 aromatic heterocycles. The highest BCUT2D eigenvalue weighted by molar-refractivity contribution is 5.80. The smallest absolute Gasteiger partial charge is 0.310 e. The van der Waals surface area contributed by atoms with Gasteiger partial charge >= 0.3 is 11.9 Å². The van der Waals surface area contributed by atoms with Gasteiger partial charge in [-0.15, -0.1) is 0 Å². The van der Waals surface area contributed by atoms with Crippen LogP contribution in [0.2, 0.25) is 0 Å². The summed E-state index contributed by atoms with van der Waals surface area (Å²) in [6.07, 6.45) is 3.91. The quantitative estimate of drug-likeness (QED) is 0.701. The van der Waals surface area contributed by atoms with Crippen LogP contribution in [0.25, 0.3) is 0 Å². The summed E-state index contributed by atoms with van der Waals surface area (Å²) in [4.78, 5) is 21.5. The standard InChI is InChI=1S/C10H14O4/c11-7(12)1-2-9(3-4-9)10(5-6-10)8(13)14/h1-6H2,(H,11,12)(H,13,14). The molecule has 0 unspecified atom stereocenters. The molecular weight excluding hydrogens is 184 g/mol. The number of carboxylic acids is 2. The van der Waals surface area contributed by atoms with Crippen molar-refractivity contribution in [2.75, 3.05) is 0 Å². The molecule has 78 valence electrons. The zero-order valence-electron chi connectivity index (χ0n) is 7.95. The molecule has 4 nitrogen and oxygen atoms in total. The first-order valence-corrected chi connectivity index (χ1v) is 4.98. The molecule has 4 heteroatoms. The molecule has 14 heavy (non-hydrogen) atoms. The highest BCUT2D eigenvalue weighted by Gasteiger charge is 2.69. The second kappa shape index (κ2) is 2.72. The van der Waals surface area contributed by atoms with Crippen molar-refractivity contribution in [3.8, 4) is 0 Å². The van der Waals surface area contributed by atoms with E-state index in [4.69, 9.17) is 10.2 Å². The van der Waals surface area contributed by atoms with E-state index in [-0.39, 0.29) is 11.8 Å². The van der Waals surface area contributed by atoms with Crippen molar-refractivity contribution in [1.82, 2.24) is 0 Å². The van der Waals surface area contributed by atoms with Crippen LogP contribution >= 0.6 is 0 Å². The molecule has 2 aliphatic carbocycles. The third kappa shape index (κ3) is 1.21. The summed E-state index contributed by atoms with van der Waals surface area (Å²) in [7, 11) is 0. The highest BCUT2D eigenvalue weighted by Crippen LogP contribution is 2.72. The summed E-state index contributed by atoms with van der Waals surface area (Å²) in [6, 6.07) is 0. The Morgan fingerprint density at radius 3 is 1.93 bits per heavy atom. The maximum Gasteiger partial charge on any atom is 0.310 e. The van der Waals surface area contributed by atoms with E-state index in [9.17, 15) is 9.59 Å². The molecule has 2 saturated carbocycles. The van der Waals surface area contributed by atoms with Crippen LogP contribution in [0.3, 0.4) is 0 Å². The first kappa shape index (κ1) is 9.49. The van der Waals surface area contributed by atoms with Crippen molar-refractivity contribution in [1.29, 1.82) is 0 Å². The minimum Gasteiger partial charge on any atom is -0.481 e. The van der Waals surface area contributed by atoms with Crippen LogP contribution in [0, 0.1) is 10.8 Å². The van der Waals surface area contributed by atoms with Gasteiger partial charge in [-0.2, -0.15) is 0 Å². The molecule has 0 atom stereocenters. The summed E-state index contributed by atoms with van der Waals surface area (Å²) in [6.45, 7) is 0. The van der Waals surface area contributed by atoms with Crippen LogP contribution in [0.15, 0.2) is 0 Å². The van der Waals surface area contributed by atoms with Gasteiger partial charge in [0, 0.05) is 6.42 Å². The Bertz CT molecular complexity index is 286. The summed E-state index contributed by atoms with van der Waals surface area (Å²) in [5.41, 5.74) is -0.723. The molecule has 2 N–H and O–H groups in total. The third-order valence-corrected chi connectivity index (χ3v) is 3.85. The maximum absolute atomic E-state index is 11.1. The molecular formula is C10H14O4. The molecule has 2 fully saturated rings. The molecule has 2 rings (SSSR count). The fraction of sp³-hybridized carbons (Fsp3) is 0.800. The summed E-state index contributed by atoms with van der Waals surface area (Å²) >= 11 is 0. The summed E-state index contributed by atoms with van der Waals surface area (Å²) in [5, 5.41) is 17.7. The van der Waals surface area contributed by atoms with Crippen molar-refractivity contribution < 1.29 is 19.8 Å². The molecule has 0 radical (unpaired) electrons. The van der Waals surface area contributed by atoms with Gasteiger partial charge < -0.3 is 10.2 Å². The fourth-order valence-electron chi connectivity index (χ4n) is 2.56. The van der Waals surface area contributed by atoms with Crippen LogP contribution < -0.4 is 0 Å². The first-order chi connectivity index (χ1) is 6.52. The van der Waals surface area contributed by atoms with Gasteiger partial charge in [0.25, 0.3) is 0 Å². The average molecular weight is 198 g/mol. The van der Waals surface area contributed by atoms with Crippen molar-refractivity contribution >= 4 is 11.9 Å². The molecule has 0 spiro atoms. The molecule has 0 aliphatic heterocycles. The molecule has 0 amide bonds. The topological polar surface area (TPSA) is 74.6 Å². The van der Waals surface area contributed by atoms with Crippen molar-refractivity contribution in [2.45, 2.75) is 38.5 Å². The average Bonchev–Trinajstić information content (AvgIpc) is 2.96. The number of rotatable bonds is 5. The van der Waals surface area contributed by atoms with Crippen LogP contribution in [0.1, 0.15) is 38.5 Å². The number of hydrogen-bond acceptors (Lipinski definition) is 2. The van der Waals surface area contributed by atoms with Crippen LogP contribution in [0.5, 0.6) is 0 Å². The van der Waals surface area contributed by atoms with E-state index in [0.29, 0.717) is 6.42 Å². The predicted octanol–water partition coefficient (Wildman–Crippen LogP) is 1.50. The zero-order valence-corrected chi connectivity index (χ0v) is 7.95. The Morgan fingerprint density at radius 1 is 1.07 bits per heavy atom. The number of carboxylic acid groups (broad SMARTS) is 2. The normalized spacial score (nSPS) is 25.4. The number of hydrogen-bond donors (Lipinski definition) is 2. The Balaban J connectivity index is 2.02. The number of aliphatic carboxylic acids is 2. The molecule has 0 bridgehead atoms. The van der Waals surface area contributed by atoms with Gasteiger partial charge in [0.05, 0.1) is 5.41 Å². The molecule has 0 heterocycles. The maximum atomic E-state index is 11.1. The van der Waals surface area contributed by atoms with Gasteiger partial charge in [0.2, 0.25) is 0 Å². The molecule has 0 saturated heterocycles. The van der Waals surface area contributed by atoms with Gasteiger partial charge in [0.15, 0.2) is 0 Å².